The minimum atomic E-state index is -3.82. The Labute approximate surface area is 544 Å². The van der Waals surface area contributed by atoms with E-state index >= 15 is 0 Å². The third kappa shape index (κ3) is 22.7. The zero-order valence-corrected chi connectivity index (χ0v) is 55.5. The second-order valence-electron chi connectivity index (χ2n) is 22.0. The molecule has 0 aliphatic carbocycles. The maximum atomic E-state index is 13.5. The van der Waals surface area contributed by atoms with E-state index in [1.165, 1.54) is 18.2 Å². The van der Waals surface area contributed by atoms with E-state index in [0.29, 0.717) is 92.0 Å². The topological polar surface area (TPSA) is 215 Å². The number of carbonyl (C=O) groups is 3. The minimum Gasteiger partial charge on any atom is -0.381 e. The van der Waals surface area contributed by atoms with Gasteiger partial charge < -0.3 is 48.3 Å². The number of likely N-dealkylation sites (N-methyl/N-ethyl adjacent to an activating group) is 2. The lowest BCUT2D eigenvalue weighted by molar-refractivity contribution is 0.0142. The molecule has 24 heteroatoms. The Hall–Kier alpha value is -4.43. The number of carbonyl (C=O) groups excluding carboxylic acids is 3. The van der Waals surface area contributed by atoms with Gasteiger partial charge in [0.05, 0.1) is 81.6 Å². The summed E-state index contributed by atoms with van der Waals surface area (Å²) in [6.45, 7) is 8.97. The van der Waals surface area contributed by atoms with Gasteiger partial charge in [-0.05, 0) is 140 Å². The van der Waals surface area contributed by atoms with Crippen LogP contribution in [-0.2, 0) is 66.1 Å². The molecule has 5 aromatic carbocycles. The molecule has 0 fully saturated rings. The van der Waals surface area contributed by atoms with E-state index in [4.69, 9.17) is 79.6 Å². The van der Waals surface area contributed by atoms with E-state index in [1.807, 2.05) is 45.3 Å². The zero-order chi connectivity index (χ0) is 63.8. The largest absolute Gasteiger partial charge is 0.381 e. The van der Waals surface area contributed by atoms with E-state index in [-0.39, 0.29) is 148 Å². The number of ether oxygens (including phenoxy) is 7. The minimum absolute atomic E-state index is 0.0635. The molecule has 0 saturated heterocycles. The van der Waals surface area contributed by atoms with Gasteiger partial charge in [-0.25, -0.2) is 21.6 Å². The molecule has 2 aliphatic rings. The number of rotatable bonds is 40. The average molecular weight is 1350 g/mol. The highest BCUT2D eigenvalue weighted by Gasteiger charge is 2.30. The monoisotopic (exact) mass is 1350 g/mol. The maximum Gasteiger partial charge on any atom is 0.251 e. The van der Waals surface area contributed by atoms with Crippen LogP contribution >= 0.6 is 46.4 Å². The van der Waals surface area contributed by atoms with Gasteiger partial charge in [0, 0.05) is 127 Å². The number of amides is 1. The van der Waals surface area contributed by atoms with Crippen molar-refractivity contribution in [2.45, 2.75) is 80.2 Å². The van der Waals surface area contributed by atoms with Gasteiger partial charge in [-0.15, -0.1) is 0 Å². The van der Waals surface area contributed by atoms with Gasteiger partial charge in [-0.3, -0.25) is 14.4 Å². The van der Waals surface area contributed by atoms with Crippen LogP contribution in [-0.4, -0.2) is 183 Å². The van der Waals surface area contributed by atoms with Crippen molar-refractivity contribution < 1.29 is 64.4 Å². The lowest BCUT2D eigenvalue weighted by Crippen LogP contribution is -2.31. The number of fused-ring (bicyclic) bond motifs is 2. The van der Waals surface area contributed by atoms with Gasteiger partial charge in [0.15, 0.2) is 21.4 Å². The molecule has 2 heterocycles. The highest BCUT2D eigenvalue weighted by atomic mass is 35.5. The number of nitrogens with zero attached hydrogens (tertiary/aromatic N) is 2. The van der Waals surface area contributed by atoms with Crippen LogP contribution in [0.3, 0.4) is 0 Å². The molecule has 486 valence electrons. The fourth-order valence-corrected chi connectivity index (χ4v) is 14.1. The molecule has 0 spiro atoms. The summed E-state index contributed by atoms with van der Waals surface area (Å²) in [5, 5.41) is 5.07. The van der Waals surface area contributed by atoms with Crippen molar-refractivity contribution in [3.05, 3.63) is 161 Å². The zero-order valence-electron chi connectivity index (χ0n) is 50.8. The van der Waals surface area contributed by atoms with Gasteiger partial charge >= 0.3 is 0 Å². The molecule has 2 atom stereocenters. The van der Waals surface area contributed by atoms with Crippen LogP contribution in [0.15, 0.2) is 101 Å². The predicted molar refractivity (Wildman–Crippen MR) is 346 cm³/mol. The molecular weight excluding hydrogens is 1270 g/mol. The van der Waals surface area contributed by atoms with Crippen LogP contribution in [0, 0.1) is 0 Å². The Balaban J connectivity index is 0.735. The summed E-state index contributed by atoms with van der Waals surface area (Å²) < 4.78 is 95.2. The van der Waals surface area contributed by atoms with Crippen molar-refractivity contribution in [3.8, 4) is 0 Å². The molecule has 2 N–H and O–H groups in total. The summed E-state index contributed by atoms with van der Waals surface area (Å²) in [6, 6.07) is 25.8. The van der Waals surface area contributed by atoms with Gasteiger partial charge in [0.1, 0.15) is 0 Å². The van der Waals surface area contributed by atoms with Gasteiger partial charge in [-0.2, -0.15) is 0 Å². The molecule has 2 unspecified atom stereocenters. The second-order valence-corrected chi connectivity index (χ2v) is 27.6. The van der Waals surface area contributed by atoms with Crippen LogP contribution in [0.2, 0.25) is 20.1 Å². The van der Waals surface area contributed by atoms with Gasteiger partial charge in [0.25, 0.3) is 5.91 Å². The molecule has 0 aromatic heterocycles. The average Bonchev–Trinajstić information content (AvgIpc) is 1.14. The molecule has 89 heavy (non-hydrogen) atoms. The number of nitrogens with one attached hydrogen (secondary N) is 2. The molecular formula is C65H82Cl4N4O14S2. The first-order valence-corrected chi connectivity index (χ1v) is 34.8. The van der Waals surface area contributed by atoms with E-state index in [0.717, 1.165) is 39.8 Å². The summed E-state index contributed by atoms with van der Waals surface area (Å²) in [5.41, 5.74) is 6.39. The van der Waals surface area contributed by atoms with Crippen molar-refractivity contribution in [1.82, 2.24) is 19.8 Å². The molecule has 1 amide bonds. The number of sulfonamides is 1. The van der Waals surface area contributed by atoms with Crippen molar-refractivity contribution >= 4 is 83.7 Å². The normalized spacial score (nSPS) is 15.4. The molecule has 0 radical (unpaired) electrons. The number of benzene rings is 5. The summed E-state index contributed by atoms with van der Waals surface area (Å²) in [4.78, 5) is 44.9. The van der Waals surface area contributed by atoms with Crippen LogP contribution in [0.4, 0.5) is 0 Å². The highest BCUT2D eigenvalue weighted by Crippen LogP contribution is 2.40. The summed E-state index contributed by atoms with van der Waals surface area (Å²) in [5.74, 6) is -1.16. The molecule has 0 saturated carbocycles. The number of sulfone groups is 1. The predicted octanol–water partition coefficient (Wildman–Crippen LogP) is 10.5. The maximum absolute atomic E-state index is 13.5. The number of hydrogen-bond acceptors (Lipinski definition) is 16. The smallest absolute Gasteiger partial charge is 0.251 e. The molecule has 5 aromatic rings. The quantitative estimate of drug-likeness (QED) is 0.0276. The van der Waals surface area contributed by atoms with Gasteiger partial charge in [-0.1, -0.05) is 77.6 Å². The van der Waals surface area contributed by atoms with Crippen molar-refractivity contribution in [3.63, 3.8) is 0 Å². The number of halogens is 4. The van der Waals surface area contributed by atoms with Crippen LogP contribution in [0.5, 0.6) is 0 Å². The first kappa shape index (κ1) is 72.0. The number of hydrogen-bond donors (Lipinski definition) is 2. The van der Waals surface area contributed by atoms with Crippen molar-refractivity contribution in [1.29, 1.82) is 0 Å². The van der Waals surface area contributed by atoms with Crippen LogP contribution in [0.25, 0.3) is 0 Å². The summed E-state index contributed by atoms with van der Waals surface area (Å²) >= 11 is 25.8. The SMILES string of the molecule is CCCOCCCC(=O)c1cc(C(=O)CCCOCCOCCOCCCS(=O)(=O)c2cccc(C3CN(C)Cc4c(Cl)cc(Cl)cc43)c2)cc(C(=O)NCCOCCOCCOCCNS(=O)(=O)c2cccc(C3CN(C)Cc4c(Cl)cc(Cl)cc43)c2)c1. The number of ketones is 2. The fraction of sp³-hybridized carbons (Fsp3) is 0.492. The Bertz CT molecular complexity index is 3180. The standard InChI is InChI=1S/C65H82Cl4N4O14S2/c1-4-18-81-19-7-14-63(74)48-33-49(64(75)15-8-20-82-24-28-86-29-25-83-21-9-32-88(77,78)53-12-5-10-46(36-53)57-42-72(2)44-59-55(57)38-51(66)40-61(59)68)35-50(34-48)65(76)70-16-22-84-26-30-87-31-27-85-23-17-71-89(79,80)54-13-6-11-47(37-54)58-43-73(3)45-60-56(58)39-52(67)41-62(60)69/h5-6,10-13,33-41,57-58,71H,4,7-9,14-32,42-45H2,1-3H3,(H,70,76). The van der Waals surface area contributed by atoms with E-state index in [9.17, 15) is 31.2 Å². The van der Waals surface area contributed by atoms with Crippen LogP contribution in [0.1, 0.15) is 122 Å². The number of Topliss-reactive ketones (excluding diaryl/α,β-unsaturated/α-hetero) is 2. The lowest BCUT2D eigenvalue weighted by atomic mass is 9.85. The Morgan fingerprint density at radius 1 is 0.506 bits per heavy atom. The first-order chi connectivity index (χ1) is 42.8. The third-order valence-corrected chi connectivity index (χ3v) is 19.4. The highest BCUT2D eigenvalue weighted by molar-refractivity contribution is 7.91. The van der Waals surface area contributed by atoms with Gasteiger partial charge in [0.2, 0.25) is 10.0 Å². The Morgan fingerprint density at radius 2 is 0.933 bits per heavy atom. The Kier molecular flexibility index (Phi) is 29.7. The molecule has 2 aliphatic heterocycles. The fourth-order valence-electron chi connectivity index (χ4n) is 10.6. The third-order valence-electron chi connectivity index (χ3n) is 15.0. The van der Waals surface area contributed by atoms with Crippen molar-refractivity contribution in [2.75, 3.05) is 139 Å². The van der Waals surface area contributed by atoms with E-state index in [2.05, 4.69) is 19.8 Å². The molecule has 0 bridgehead atoms. The Morgan fingerprint density at radius 3 is 1.44 bits per heavy atom. The molecule has 7 rings (SSSR count). The van der Waals surface area contributed by atoms with E-state index < -0.39 is 25.8 Å². The van der Waals surface area contributed by atoms with E-state index in [1.54, 1.807) is 48.5 Å². The first-order valence-electron chi connectivity index (χ1n) is 30.1. The summed E-state index contributed by atoms with van der Waals surface area (Å²) in [7, 11) is -3.39. The second kappa shape index (κ2) is 36.7. The molecule has 18 nitrogen and oxygen atoms in total. The summed E-state index contributed by atoms with van der Waals surface area (Å²) in [6.07, 6.45) is 2.39. The van der Waals surface area contributed by atoms with Crippen LogP contribution < -0.4 is 10.0 Å². The lowest BCUT2D eigenvalue weighted by Gasteiger charge is -2.33. The van der Waals surface area contributed by atoms with Crippen molar-refractivity contribution in [2.24, 2.45) is 0 Å².